The second-order valence-electron chi connectivity index (χ2n) is 8.11. The number of amides is 2. The van der Waals surface area contributed by atoms with Crippen molar-refractivity contribution in [1.29, 1.82) is 0 Å². The topological polar surface area (TPSA) is 58.2 Å². The van der Waals surface area contributed by atoms with Crippen LogP contribution in [-0.2, 0) is 4.79 Å². The van der Waals surface area contributed by atoms with Crippen molar-refractivity contribution in [2.45, 2.75) is 45.1 Å². The third-order valence-corrected chi connectivity index (χ3v) is 5.75. The number of benzene rings is 2. The summed E-state index contributed by atoms with van der Waals surface area (Å²) < 4.78 is 91.9. The lowest BCUT2D eigenvalue weighted by molar-refractivity contribution is -0.139. The van der Waals surface area contributed by atoms with Gasteiger partial charge in [-0.2, -0.15) is 26.3 Å². The van der Waals surface area contributed by atoms with Gasteiger partial charge in [-0.05, 0) is 71.1 Å². The summed E-state index contributed by atoms with van der Waals surface area (Å²) in [5, 5.41) is 3.91. The van der Waals surface area contributed by atoms with E-state index in [-0.39, 0.29) is 26.7 Å². The largest absolute Gasteiger partial charge is 0.405 e. The van der Waals surface area contributed by atoms with Crippen LogP contribution in [0.1, 0.15) is 45.5 Å². The standard InChI is InChI=1S/C24H22BrF7N2O2/c1-12-8-16(9-13(2)20(12)26)18(24(30,31)32)7-5-15-4-6-17(19(25)10-15)22(36)34-14(3)21(35)33-11-23(27,28)29/h4-10,14,18H,11H2,1-3H3,(H,33,35)(H,34,36)/b7-5+/t14-,18?/m1/s1. The number of carbonyl (C=O) groups is 2. The van der Waals surface area contributed by atoms with Crippen LogP contribution in [-0.4, -0.2) is 36.8 Å². The lowest BCUT2D eigenvalue weighted by atomic mass is 9.93. The first-order valence-corrected chi connectivity index (χ1v) is 11.3. The molecule has 2 atom stereocenters. The van der Waals surface area contributed by atoms with Gasteiger partial charge in [0.05, 0.1) is 11.5 Å². The molecule has 1 unspecified atom stereocenters. The molecule has 196 valence electrons. The van der Waals surface area contributed by atoms with E-state index in [1.807, 2.05) is 0 Å². The second kappa shape index (κ2) is 11.4. The molecule has 0 saturated carbocycles. The van der Waals surface area contributed by atoms with E-state index in [0.29, 0.717) is 5.56 Å². The SMILES string of the molecule is Cc1cc(C(/C=C/c2ccc(C(=O)N[C@H](C)C(=O)NCC(F)(F)F)c(Br)c2)C(F)(F)F)cc(C)c1F. The molecular formula is C24H22BrF7N2O2. The zero-order valence-electron chi connectivity index (χ0n) is 19.2. The van der Waals surface area contributed by atoms with Gasteiger partial charge in [-0.1, -0.05) is 30.4 Å². The number of hydrogen-bond donors (Lipinski definition) is 2. The Kier molecular flexibility index (Phi) is 9.33. The van der Waals surface area contributed by atoms with Gasteiger partial charge in [0.2, 0.25) is 5.91 Å². The fourth-order valence-electron chi connectivity index (χ4n) is 3.28. The van der Waals surface area contributed by atoms with Crippen molar-refractivity contribution in [3.63, 3.8) is 0 Å². The fraction of sp³-hybridized carbons (Fsp3) is 0.333. The first-order chi connectivity index (χ1) is 16.5. The van der Waals surface area contributed by atoms with E-state index in [9.17, 15) is 40.3 Å². The summed E-state index contributed by atoms with van der Waals surface area (Å²) in [6.45, 7) is 2.41. The summed E-state index contributed by atoms with van der Waals surface area (Å²) in [5.74, 6) is -4.40. The molecule has 36 heavy (non-hydrogen) atoms. The van der Waals surface area contributed by atoms with Gasteiger partial charge in [0.25, 0.3) is 5.91 Å². The molecule has 0 aliphatic rings. The summed E-state index contributed by atoms with van der Waals surface area (Å²) in [6, 6.07) is 5.02. The number of nitrogens with one attached hydrogen (secondary N) is 2. The van der Waals surface area contributed by atoms with Crippen molar-refractivity contribution in [3.8, 4) is 0 Å². The predicted octanol–water partition coefficient (Wildman–Crippen LogP) is 6.36. The van der Waals surface area contributed by atoms with Crippen LogP contribution in [0.3, 0.4) is 0 Å². The third-order valence-electron chi connectivity index (χ3n) is 5.09. The van der Waals surface area contributed by atoms with Crippen molar-refractivity contribution in [2.24, 2.45) is 0 Å². The smallest absolute Gasteiger partial charge is 0.345 e. The molecule has 0 bridgehead atoms. The van der Waals surface area contributed by atoms with Crippen LogP contribution in [0.5, 0.6) is 0 Å². The Balaban J connectivity index is 2.19. The molecule has 0 fully saturated rings. The molecule has 0 aliphatic heterocycles. The molecule has 12 heteroatoms. The molecule has 2 rings (SSSR count). The van der Waals surface area contributed by atoms with Crippen LogP contribution in [0.2, 0.25) is 0 Å². The van der Waals surface area contributed by atoms with Gasteiger partial charge in [-0.15, -0.1) is 0 Å². The highest BCUT2D eigenvalue weighted by Crippen LogP contribution is 2.37. The molecule has 0 saturated heterocycles. The molecule has 0 aliphatic carbocycles. The van der Waals surface area contributed by atoms with Gasteiger partial charge in [-0.3, -0.25) is 9.59 Å². The van der Waals surface area contributed by atoms with Crippen LogP contribution in [0.25, 0.3) is 6.08 Å². The molecule has 0 radical (unpaired) electrons. The van der Waals surface area contributed by atoms with Crippen molar-refractivity contribution < 1.29 is 40.3 Å². The summed E-state index contributed by atoms with van der Waals surface area (Å²) in [4.78, 5) is 24.2. The minimum Gasteiger partial charge on any atom is -0.345 e. The number of alkyl halides is 6. The highest BCUT2D eigenvalue weighted by molar-refractivity contribution is 9.10. The molecule has 2 N–H and O–H groups in total. The summed E-state index contributed by atoms with van der Waals surface area (Å²) in [5.41, 5.74) is 0.376. The average Bonchev–Trinajstić information content (AvgIpc) is 2.74. The fourth-order valence-corrected chi connectivity index (χ4v) is 3.85. The number of aryl methyl sites for hydroxylation is 2. The third kappa shape index (κ3) is 8.07. The molecule has 2 aromatic rings. The van der Waals surface area contributed by atoms with Gasteiger partial charge in [-0.25, -0.2) is 4.39 Å². The normalized spacial score (nSPS) is 14.0. The quantitative estimate of drug-likeness (QED) is 0.373. The monoisotopic (exact) mass is 582 g/mol. The molecule has 2 amide bonds. The van der Waals surface area contributed by atoms with Gasteiger partial charge >= 0.3 is 12.4 Å². The van der Waals surface area contributed by atoms with Crippen molar-refractivity contribution in [1.82, 2.24) is 10.6 Å². The molecule has 0 heterocycles. The van der Waals surface area contributed by atoms with E-state index in [1.165, 1.54) is 45.0 Å². The first-order valence-electron chi connectivity index (χ1n) is 10.5. The van der Waals surface area contributed by atoms with Crippen LogP contribution < -0.4 is 10.6 Å². The maximum atomic E-state index is 13.9. The van der Waals surface area contributed by atoms with Gasteiger partial charge in [0, 0.05) is 4.47 Å². The molecule has 0 spiro atoms. The van der Waals surface area contributed by atoms with Gasteiger partial charge in [0.1, 0.15) is 18.4 Å². The van der Waals surface area contributed by atoms with Crippen LogP contribution in [0.4, 0.5) is 30.7 Å². The highest BCUT2D eigenvalue weighted by Gasteiger charge is 2.39. The van der Waals surface area contributed by atoms with E-state index in [0.717, 1.165) is 18.2 Å². The molecule has 2 aromatic carbocycles. The zero-order valence-corrected chi connectivity index (χ0v) is 20.8. The molecule has 0 aromatic heterocycles. The Hall–Kier alpha value is -2.89. The Morgan fingerprint density at radius 3 is 2.11 bits per heavy atom. The molecule has 4 nitrogen and oxygen atoms in total. The highest BCUT2D eigenvalue weighted by atomic mass is 79.9. The number of carbonyl (C=O) groups excluding carboxylic acids is 2. The summed E-state index contributed by atoms with van der Waals surface area (Å²) >= 11 is 3.14. The second-order valence-corrected chi connectivity index (χ2v) is 8.97. The Morgan fingerprint density at radius 2 is 1.61 bits per heavy atom. The lowest BCUT2D eigenvalue weighted by Crippen LogP contribution is -2.47. The summed E-state index contributed by atoms with van der Waals surface area (Å²) in [6.07, 6.45) is -7.13. The van der Waals surface area contributed by atoms with Crippen molar-refractivity contribution >= 4 is 33.8 Å². The first kappa shape index (κ1) is 29.3. The van der Waals surface area contributed by atoms with E-state index in [2.05, 4.69) is 21.2 Å². The maximum absolute atomic E-state index is 13.9. The maximum Gasteiger partial charge on any atom is 0.405 e. The Labute approximate surface area is 211 Å². The van der Waals surface area contributed by atoms with Gasteiger partial charge < -0.3 is 10.6 Å². The van der Waals surface area contributed by atoms with Crippen LogP contribution >= 0.6 is 15.9 Å². The van der Waals surface area contributed by atoms with Crippen molar-refractivity contribution in [2.75, 3.05) is 6.54 Å². The minimum absolute atomic E-state index is 0.0137. The van der Waals surface area contributed by atoms with E-state index in [1.54, 1.807) is 5.32 Å². The van der Waals surface area contributed by atoms with Gasteiger partial charge in [0.15, 0.2) is 0 Å². The number of halogens is 8. The van der Waals surface area contributed by atoms with E-state index >= 15 is 0 Å². The number of rotatable bonds is 7. The number of allylic oxidation sites excluding steroid dienone is 1. The van der Waals surface area contributed by atoms with E-state index in [4.69, 9.17) is 0 Å². The summed E-state index contributed by atoms with van der Waals surface area (Å²) in [7, 11) is 0. The Bertz CT molecular complexity index is 1140. The molecular weight excluding hydrogens is 561 g/mol. The van der Waals surface area contributed by atoms with Crippen LogP contribution in [0, 0.1) is 19.7 Å². The van der Waals surface area contributed by atoms with E-state index < -0.39 is 48.5 Å². The predicted molar refractivity (Wildman–Crippen MR) is 124 cm³/mol. The Morgan fingerprint density at radius 1 is 1.03 bits per heavy atom. The average molecular weight is 583 g/mol. The minimum atomic E-state index is -4.65. The zero-order chi connectivity index (χ0) is 27.4. The number of hydrogen-bond acceptors (Lipinski definition) is 2. The van der Waals surface area contributed by atoms with Crippen molar-refractivity contribution in [3.05, 3.63) is 74.5 Å². The lowest BCUT2D eigenvalue weighted by Gasteiger charge is -2.19. The van der Waals surface area contributed by atoms with Crippen LogP contribution in [0.15, 0.2) is 40.9 Å².